The van der Waals surface area contributed by atoms with Crippen molar-refractivity contribution in [2.24, 2.45) is 5.73 Å². The van der Waals surface area contributed by atoms with Gasteiger partial charge in [-0.3, -0.25) is 14.9 Å². The maximum Gasteiger partial charge on any atom is 0.278 e. The SMILES string of the molecule is NC(=O)c1ccc(-c2ccccc2[N+](=O)[O-])[nH]1. The molecule has 0 radical (unpaired) electrons. The maximum atomic E-state index is 10.9. The highest BCUT2D eigenvalue weighted by Gasteiger charge is 2.16. The van der Waals surface area contributed by atoms with Gasteiger partial charge in [-0.1, -0.05) is 12.1 Å². The van der Waals surface area contributed by atoms with Crippen LogP contribution < -0.4 is 5.73 Å². The number of primary amides is 1. The van der Waals surface area contributed by atoms with Gasteiger partial charge in [-0.2, -0.15) is 0 Å². The number of amides is 1. The maximum absolute atomic E-state index is 10.9. The van der Waals surface area contributed by atoms with E-state index < -0.39 is 10.8 Å². The Morgan fingerprint density at radius 1 is 1.24 bits per heavy atom. The van der Waals surface area contributed by atoms with E-state index in [4.69, 9.17) is 5.73 Å². The lowest BCUT2D eigenvalue weighted by molar-refractivity contribution is -0.384. The van der Waals surface area contributed by atoms with Crippen LogP contribution in [0.1, 0.15) is 10.5 Å². The summed E-state index contributed by atoms with van der Waals surface area (Å²) in [4.78, 5) is 24.0. The van der Waals surface area contributed by atoms with Crippen molar-refractivity contribution in [2.45, 2.75) is 0 Å². The van der Waals surface area contributed by atoms with Crippen molar-refractivity contribution < 1.29 is 9.72 Å². The molecule has 1 aromatic carbocycles. The summed E-state index contributed by atoms with van der Waals surface area (Å²) in [6.45, 7) is 0. The Morgan fingerprint density at radius 2 is 1.94 bits per heavy atom. The second-order valence-electron chi connectivity index (χ2n) is 3.42. The standard InChI is InChI=1S/C11H9N3O3/c12-11(15)9-6-5-8(13-9)7-3-1-2-4-10(7)14(16)17/h1-6,13H,(H2,12,15). The molecule has 0 spiro atoms. The van der Waals surface area contributed by atoms with Gasteiger partial charge in [0.15, 0.2) is 0 Å². The molecule has 0 aliphatic carbocycles. The quantitative estimate of drug-likeness (QED) is 0.620. The lowest BCUT2D eigenvalue weighted by Gasteiger charge is -1.99. The molecular formula is C11H9N3O3. The van der Waals surface area contributed by atoms with Gasteiger partial charge in [-0.25, -0.2) is 0 Å². The second-order valence-corrected chi connectivity index (χ2v) is 3.42. The highest BCUT2D eigenvalue weighted by atomic mass is 16.6. The number of carbonyl (C=O) groups is 1. The number of nitrogens with one attached hydrogen (secondary N) is 1. The number of hydrogen-bond acceptors (Lipinski definition) is 3. The number of aromatic amines is 1. The first-order valence-corrected chi connectivity index (χ1v) is 4.82. The van der Waals surface area contributed by atoms with E-state index in [9.17, 15) is 14.9 Å². The largest absolute Gasteiger partial charge is 0.364 e. The van der Waals surface area contributed by atoms with Crippen molar-refractivity contribution in [2.75, 3.05) is 0 Å². The molecular weight excluding hydrogens is 222 g/mol. The molecule has 0 unspecified atom stereocenters. The third-order valence-electron chi connectivity index (χ3n) is 2.34. The Balaban J connectivity index is 2.52. The first-order chi connectivity index (χ1) is 8.09. The molecule has 1 amide bonds. The number of nitrogens with zero attached hydrogens (tertiary/aromatic N) is 1. The van der Waals surface area contributed by atoms with E-state index in [-0.39, 0.29) is 11.4 Å². The predicted molar refractivity (Wildman–Crippen MR) is 61.4 cm³/mol. The summed E-state index contributed by atoms with van der Waals surface area (Å²) in [5, 5.41) is 10.8. The van der Waals surface area contributed by atoms with E-state index in [0.717, 1.165) is 0 Å². The van der Waals surface area contributed by atoms with E-state index in [1.165, 1.54) is 12.1 Å². The predicted octanol–water partition coefficient (Wildman–Crippen LogP) is 1.69. The zero-order valence-electron chi connectivity index (χ0n) is 8.71. The lowest BCUT2D eigenvalue weighted by Crippen LogP contribution is -2.11. The average molecular weight is 231 g/mol. The Bertz CT molecular complexity index is 589. The van der Waals surface area contributed by atoms with Crippen LogP contribution in [0.3, 0.4) is 0 Å². The van der Waals surface area contributed by atoms with Gasteiger partial charge >= 0.3 is 0 Å². The minimum Gasteiger partial charge on any atom is -0.364 e. The first-order valence-electron chi connectivity index (χ1n) is 4.82. The molecule has 0 aliphatic rings. The zero-order valence-corrected chi connectivity index (χ0v) is 8.71. The van der Waals surface area contributed by atoms with Crippen molar-refractivity contribution in [3.8, 4) is 11.3 Å². The Hall–Kier alpha value is -2.63. The highest BCUT2D eigenvalue weighted by molar-refractivity contribution is 5.92. The molecule has 6 nitrogen and oxygen atoms in total. The molecule has 0 aliphatic heterocycles. The molecule has 1 aromatic heterocycles. The summed E-state index contributed by atoms with van der Waals surface area (Å²) in [5.41, 5.74) is 6.21. The average Bonchev–Trinajstić information content (AvgIpc) is 2.78. The summed E-state index contributed by atoms with van der Waals surface area (Å²) < 4.78 is 0. The Kier molecular flexibility index (Phi) is 2.61. The summed E-state index contributed by atoms with van der Waals surface area (Å²) in [6.07, 6.45) is 0. The summed E-state index contributed by atoms with van der Waals surface area (Å²) >= 11 is 0. The van der Waals surface area contributed by atoms with Crippen LogP contribution in [-0.4, -0.2) is 15.8 Å². The number of nitro benzene ring substituents is 1. The zero-order chi connectivity index (χ0) is 12.4. The fraction of sp³-hybridized carbons (Fsp3) is 0. The van der Waals surface area contributed by atoms with Crippen LogP contribution in [0.25, 0.3) is 11.3 Å². The molecule has 0 atom stereocenters. The van der Waals surface area contributed by atoms with Gasteiger partial charge in [0.1, 0.15) is 5.69 Å². The van der Waals surface area contributed by atoms with E-state index in [1.807, 2.05) is 0 Å². The molecule has 17 heavy (non-hydrogen) atoms. The second kappa shape index (κ2) is 4.09. The molecule has 0 saturated heterocycles. The third kappa shape index (κ3) is 2.00. The Labute approximate surface area is 96.2 Å². The summed E-state index contributed by atoms with van der Waals surface area (Å²) in [7, 11) is 0. The number of hydrogen-bond donors (Lipinski definition) is 2. The van der Waals surface area contributed by atoms with E-state index in [0.29, 0.717) is 11.3 Å². The smallest absolute Gasteiger partial charge is 0.278 e. The molecule has 2 aromatic rings. The number of aromatic nitrogens is 1. The fourth-order valence-corrected chi connectivity index (χ4v) is 1.56. The number of para-hydroxylation sites is 1. The molecule has 86 valence electrons. The van der Waals surface area contributed by atoms with Gasteiger partial charge in [-0.15, -0.1) is 0 Å². The van der Waals surface area contributed by atoms with E-state index >= 15 is 0 Å². The number of nitro groups is 1. The van der Waals surface area contributed by atoms with Gasteiger partial charge in [0.05, 0.1) is 16.2 Å². The topological polar surface area (TPSA) is 102 Å². The van der Waals surface area contributed by atoms with Crippen LogP contribution in [0.2, 0.25) is 0 Å². The van der Waals surface area contributed by atoms with Gasteiger partial charge in [0.2, 0.25) is 0 Å². The van der Waals surface area contributed by atoms with E-state index in [2.05, 4.69) is 4.98 Å². The fourth-order valence-electron chi connectivity index (χ4n) is 1.56. The molecule has 6 heteroatoms. The van der Waals surface area contributed by atoms with Crippen LogP contribution in [-0.2, 0) is 0 Å². The summed E-state index contributed by atoms with van der Waals surface area (Å²) in [5.74, 6) is -0.602. The van der Waals surface area contributed by atoms with Gasteiger partial charge < -0.3 is 10.7 Å². The van der Waals surface area contributed by atoms with Gasteiger partial charge in [0, 0.05) is 6.07 Å². The van der Waals surface area contributed by atoms with Gasteiger partial charge in [-0.05, 0) is 18.2 Å². The van der Waals surface area contributed by atoms with Crippen molar-refractivity contribution in [3.63, 3.8) is 0 Å². The third-order valence-corrected chi connectivity index (χ3v) is 2.34. The minimum atomic E-state index is -0.602. The van der Waals surface area contributed by atoms with Crippen LogP contribution >= 0.6 is 0 Å². The van der Waals surface area contributed by atoms with Crippen molar-refractivity contribution in [1.82, 2.24) is 4.98 Å². The van der Waals surface area contributed by atoms with Gasteiger partial charge in [0.25, 0.3) is 11.6 Å². The number of carbonyl (C=O) groups excluding carboxylic acids is 1. The first kappa shape index (κ1) is 10.9. The lowest BCUT2D eigenvalue weighted by atomic mass is 10.1. The summed E-state index contributed by atoms with van der Waals surface area (Å²) in [6, 6.07) is 9.36. The van der Waals surface area contributed by atoms with Crippen LogP contribution in [0.15, 0.2) is 36.4 Å². The Morgan fingerprint density at radius 3 is 2.53 bits per heavy atom. The molecule has 1 heterocycles. The highest BCUT2D eigenvalue weighted by Crippen LogP contribution is 2.28. The number of benzene rings is 1. The number of rotatable bonds is 3. The monoisotopic (exact) mass is 231 g/mol. The normalized spacial score (nSPS) is 10.1. The van der Waals surface area contributed by atoms with Crippen LogP contribution in [0.5, 0.6) is 0 Å². The number of H-pyrrole nitrogens is 1. The molecule has 2 rings (SSSR count). The number of nitrogens with two attached hydrogens (primary N) is 1. The van der Waals surface area contributed by atoms with Crippen molar-refractivity contribution in [3.05, 3.63) is 52.2 Å². The van der Waals surface area contributed by atoms with Crippen LogP contribution in [0, 0.1) is 10.1 Å². The molecule has 0 saturated carbocycles. The molecule has 3 N–H and O–H groups in total. The minimum absolute atomic E-state index is 0.0228. The van der Waals surface area contributed by atoms with E-state index in [1.54, 1.807) is 24.3 Å². The molecule has 0 fully saturated rings. The molecule has 0 bridgehead atoms. The van der Waals surface area contributed by atoms with Crippen molar-refractivity contribution >= 4 is 11.6 Å². The van der Waals surface area contributed by atoms with Crippen molar-refractivity contribution in [1.29, 1.82) is 0 Å². The van der Waals surface area contributed by atoms with Crippen LogP contribution in [0.4, 0.5) is 5.69 Å².